The molecule has 1 aliphatic rings. The van der Waals surface area contributed by atoms with Gasteiger partial charge in [-0.15, -0.1) is 0 Å². The molecule has 1 fully saturated rings. The Kier molecular flexibility index (Phi) is 11.1. The van der Waals surface area contributed by atoms with Gasteiger partial charge in [0.1, 0.15) is 0 Å². The summed E-state index contributed by atoms with van der Waals surface area (Å²) < 4.78 is 0. The molecule has 0 aromatic rings. The van der Waals surface area contributed by atoms with Crippen molar-refractivity contribution < 1.29 is 19.8 Å². The average molecular weight is 350 g/mol. The Labute approximate surface area is 152 Å². The normalized spacial score (nSPS) is 23.7. The number of carbonyl (C=O) groups excluding carboxylic acids is 1. The van der Waals surface area contributed by atoms with Gasteiger partial charge in [0.2, 0.25) is 0 Å². The molecule has 1 rings (SSSR count). The molecule has 0 saturated heterocycles. The van der Waals surface area contributed by atoms with Gasteiger partial charge in [-0.05, 0) is 56.4 Å². The lowest BCUT2D eigenvalue weighted by atomic mass is 9.90. The van der Waals surface area contributed by atoms with Gasteiger partial charge in [-0.3, -0.25) is 9.59 Å². The van der Waals surface area contributed by atoms with Crippen molar-refractivity contribution in [1.29, 1.82) is 0 Å². The van der Waals surface area contributed by atoms with Gasteiger partial charge in [-0.2, -0.15) is 0 Å². The van der Waals surface area contributed by atoms with Crippen molar-refractivity contribution in [3.63, 3.8) is 0 Å². The number of ketones is 1. The molecule has 142 valence electrons. The summed E-state index contributed by atoms with van der Waals surface area (Å²) in [6.45, 7) is 2.16. The number of carboxylic acids is 1. The lowest BCUT2D eigenvalue weighted by Crippen LogP contribution is -2.17. The number of aliphatic hydroxyl groups is 1. The third kappa shape index (κ3) is 9.59. The number of carbonyl (C=O) groups is 2. The van der Waals surface area contributed by atoms with Gasteiger partial charge >= 0.3 is 5.97 Å². The van der Waals surface area contributed by atoms with Crippen molar-refractivity contribution in [2.24, 2.45) is 11.8 Å². The summed E-state index contributed by atoms with van der Waals surface area (Å²) in [4.78, 5) is 22.4. The van der Waals surface area contributed by atoms with Gasteiger partial charge < -0.3 is 10.2 Å². The summed E-state index contributed by atoms with van der Waals surface area (Å²) in [6.07, 6.45) is 16.6. The van der Waals surface area contributed by atoms with E-state index in [1.54, 1.807) is 6.08 Å². The summed E-state index contributed by atoms with van der Waals surface area (Å²) in [6, 6.07) is 0. The van der Waals surface area contributed by atoms with E-state index in [0.717, 1.165) is 38.5 Å². The molecular formula is C21H34O4. The zero-order valence-electron chi connectivity index (χ0n) is 15.5. The van der Waals surface area contributed by atoms with Crippen LogP contribution in [0.25, 0.3) is 0 Å². The Hall–Kier alpha value is -1.42. The molecule has 4 heteroatoms. The molecule has 0 amide bonds. The second kappa shape index (κ2) is 12.9. The number of hydrogen-bond acceptors (Lipinski definition) is 3. The second-order valence-corrected chi connectivity index (χ2v) is 7.10. The minimum absolute atomic E-state index is 0.167. The molecule has 0 bridgehead atoms. The average Bonchev–Trinajstić information content (AvgIpc) is 2.93. The predicted octanol–water partition coefficient (Wildman–Crippen LogP) is 4.67. The maximum atomic E-state index is 11.9. The monoisotopic (exact) mass is 350 g/mol. The van der Waals surface area contributed by atoms with Gasteiger partial charge in [0.15, 0.2) is 5.78 Å². The zero-order chi connectivity index (χ0) is 18.5. The molecule has 0 radical (unpaired) electrons. The van der Waals surface area contributed by atoms with Crippen molar-refractivity contribution in [3.05, 3.63) is 24.3 Å². The van der Waals surface area contributed by atoms with Crippen LogP contribution < -0.4 is 0 Å². The number of hydrogen-bond donors (Lipinski definition) is 2. The van der Waals surface area contributed by atoms with Crippen LogP contribution in [0, 0.1) is 11.8 Å². The van der Waals surface area contributed by atoms with Crippen molar-refractivity contribution in [1.82, 2.24) is 0 Å². The van der Waals surface area contributed by atoms with Gasteiger partial charge in [-0.1, -0.05) is 44.4 Å². The van der Waals surface area contributed by atoms with E-state index in [1.807, 2.05) is 12.2 Å². The summed E-state index contributed by atoms with van der Waals surface area (Å²) in [5.74, 6) is -0.136. The molecule has 0 spiro atoms. The number of rotatable bonds is 13. The molecule has 0 aliphatic heterocycles. The first-order chi connectivity index (χ1) is 12.0. The lowest BCUT2D eigenvalue weighted by Gasteiger charge is -2.17. The molecule has 1 aliphatic carbocycles. The summed E-state index contributed by atoms with van der Waals surface area (Å²) in [5, 5.41) is 18.8. The van der Waals surface area contributed by atoms with E-state index in [1.165, 1.54) is 12.8 Å². The van der Waals surface area contributed by atoms with Crippen LogP contribution in [0.3, 0.4) is 0 Å². The second-order valence-electron chi connectivity index (χ2n) is 7.10. The first-order valence-corrected chi connectivity index (χ1v) is 9.80. The van der Waals surface area contributed by atoms with Crippen LogP contribution in [0.1, 0.15) is 77.6 Å². The van der Waals surface area contributed by atoms with Crippen LogP contribution in [0.15, 0.2) is 24.3 Å². The van der Waals surface area contributed by atoms with Crippen molar-refractivity contribution in [3.8, 4) is 0 Å². The fourth-order valence-corrected chi connectivity index (χ4v) is 3.43. The third-order valence-corrected chi connectivity index (χ3v) is 4.98. The van der Waals surface area contributed by atoms with Crippen molar-refractivity contribution in [2.75, 3.05) is 0 Å². The van der Waals surface area contributed by atoms with E-state index >= 15 is 0 Å². The van der Waals surface area contributed by atoms with Crippen molar-refractivity contribution >= 4 is 11.8 Å². The zero-order valence-corrected chi connectivity index (χ0v) is 15.5. The number of aliphatic hydroxyl groups excluding tert-OH is 1. The van der Waals surface area contributed by atoms with E-state index in [9.17, 15) is 14.7 Å². The summed E-state index contributed by atoms with van der Waals surface area (Å²) >= 11 is 0. The molecule has 4 nitrogen and oxygen atoms in total. The SMILES string of the molecule is CCCCCCC(=O)/C=C/C1CCC(O)C1C/C=C/CCCC(=O)O. The molecular weight excluding hydrogens is 316 g/mol. The standard InChI is InChI=1S/C21H34O4/c1-2-3-4-7-10-18(22)15-13-17-14-16-20(23)19(17)11-8-5-6-9-12-21(24)25/h5,8,13,15,17,19-20,23H,2-4,6-7,9-12,14,16H2,1H3,(H,24,25)/b8-5+,15-13+. The molecule has 3 atom stereocenters. The smallest absolute Gasteiger partial charge is 0.303 e. The van der Waals surface area contributed by atoms with Crippen LogP contribution >= 0.6 is 0 Å². The number of allylic oxidation sites excluding steroid dienone is 4. The maximum absolute atomic E-state index is 11.9. The number of aliphatic carboxylic acids is 1. The highest BCUT2D eigenvalue weighted by Gasteiger charge is 2.32. The van der Waals surface area contributed by atoms with E-state index in [2.05, 4.69) is 13.0 Å². The van der Waals surface area contributed by atoms with Crippen LogP contribution in [0.2, 0.25) is 0 Å². The third-order valence-electron chi connectivity index (χ3n) is 4.98. The Morgan fingerprint density at radius 2 is 1.84 bits per heavy atom. The summed E-state index contributed by atoms with van der Waals surface area (Å²) in [7, 11) is 0. The highest BCUT2D eigenvalue weighted by molar-refractivity contribution is 5.89. The van der Waals surface area contributed by atoms with E-state index in [4.69, 9.17) is 5.11 Å². The van der Waals surface area contributed by atoms with Crippen LogP contribution in [0.5, 0.6) is 0 Å². The van der Waals surface area contributed by atoms with Crippen LogP contribution in [-0.2, 0) is 9.59 Å². The Morgan fingerprint density at radius 1 is 1.04 bits per heavy atom. The molecule has 3 unspecified atom stereocenters. The minimum atomic E-state index is -0.760. The van der Waals surface area contributed by atoms with E-state index in [-0.39, 0.29) is 30.1 Å². The molecule has 1 saturated carbocycles. The Balaban J connectivity index is 2.34. The first kappa shape index (κ1) is 21.6. The van der Waals surface area contributed by atoms with Gasteiger partial charge in [0.25, 0.3) is 0 Å². The fourth-order valence-electron chi connectivity index (χ4n) is 3.43. The van der Waals surface area contributed by atoms with Crippen molar-refractivity contribution in [2.45, 2.75) is 83.7 Å². The van der Waals surface area contributed by atoms with Gasteiger partial charge in [0.05, 0.1) is 6.10 Å². The number of unbranched alkanes of at least 4 members (excludes halogenated alkanes) is 4. The molecule has 25 heavy (non-hydrogen) atoms. The number of carboxylic acid groups (broad SMARTS) is 1. The van der Waals surface area contributed by atoms with Gasteiger partial charge in [-0.25, -0.2) is 0 Å². The lowest BCUT2D eigenvalue weighted by molar-refractivity contribution is -0.137. The van der Waals surface area contributed by atoms with Crippen LogP contribution in [0.4, 0.5) is 0 Å². The highest BCUT2D eigenvalue weighted by Crippen LogP contribution is 2.35. The van der Waals surface area contributed by atoms with Crippen LogP contribution in [-0.4, -0.2) is 28.1 Å². The van der Waals surface area contributed by atoms with E-state index in [0.29, 0.717) is 12.8 Å². The quantitative estimate of drug-likeness (QED) is 0.287. The Morgan fingerprint density at radius 3 is 2.56 bits per heavy atom. The maximum Gasteiger partial charge on any atom is 0.303 e. The Bertz CT molecular complexity index is 453. The fraction of sp³-hybridized carbons (Fsp3) is 0.714. The molecule has 0 aromatic heterocycles. The molecule has 0 heterocycles. The van der Waals surface area contributed by atoms with Gasteiger partial charge in [0, 0.05) is 12.8 Å². The minimum Gasteiger partial charge on any atom is -0.481 e. The molecule has 0 aromatic carbocycles. The largest absolute Gasteiger partial charge is 0.481 e. The van der Waals surface area contributed by atoms with E-state index < -0.39 is 5.97 Å². The topological polar surface area (TPSA) is 74.6 Å². The first-order valence-electron chi connectivity index (χ1n) is 9.80. The highest BCUT2D eigenvalue weighted by atomic mass is 16.4. The predicted molar refractivity (Wildman–Crippen MR) is 100 cm³/mol. The molecule has 2 N–H and O–H groups in total. The summed E-state index contributed by atoms with van der Waals surface area (Å²) in [5.41, 5.74) is 0.